The summed E-state index contributed by atoms with van der Waals surface area (Å²) in [4.78, 5) is 35.5. The molecule has 2 atom stereocenters. The van der Waals surface area contributed by atoms with Crippen LogP contribution in [0.3, 0.4) is 0 Å². The molecule has 0 saturated carbocycles. The number of thiazole rings is 1. The lowest BCUT2D eigenvalue weighted by Gasteiger charge is -2.34. The number of likely N-dealkylation sites (N-methyl/N-ethyl adjacent to an activating group) is 2. The van der Waals surface area contributed by atoms with Crippen molar-refractivity contribution in [3.8, 4) is 9.88 Å². The Balaban J connectivity index is 1.66. The van der Waals surface area contributed by atoms with Crippen LogP contribution in [-0.2, 0) is 38.3 Å². The van der Waals surface area contributed by atoms with Gasteiger partial charge in [0.15, 0.2) is 0 Å². The van der Waals surface area contributed by atoms with Gasteiger partial charge in [-0.05, 0) is 34.6 Å². The highest BCUT2D eigenvalue weighted by Crippen LogP contribution is 2.33. The third-order valence-electron chi connectivity index (χ3n) is 6.73. The lowest BCUT2D eigenvalue weighted by Crippen LogP contribution is -2.50. The Hall–Kier alpha value is -3.38. The lowest BCUT2D eigenvalue weighted by molar-refractivity contribution is -0.144. The number of hydrogen-bond acceptors (Lipinski definition) is 7. The Morgan fingerprint density at radius 3 is 2.12 bits per heavy atom. The molecule has 2 amide bonds. The summed E-state index contributed by atoms with van der Waals surface area (Å²) in [5.74, 6) is -0.883. The summed E-state index contributed by atoms with van der Waals surface area (Å²) in [6.07, 6.45) is 0.790. The van der Waals surface area contributed by atoms with E-state index in [4.69, 9.17) is 4.98 Å². The van der Waals surface area contributed by atoms with E-state index in [0.29, 0.717) is 18.4 Å². The van der Waals surface area contributed by atoms with Gasteiger partial charge < -0.3 is 9.80 Å². The molecule has 0 bridgehead atoms. The molecule has 1 N–H and O–H groups in total. The number of hydrogen-bond donors (Lipinski definition) is 1. The zero-order valence-electron chi connectivity index (χ0n) is 22.4. The molecule has 210 valence electrons. The molecule has 0 aliphatic heterocycles. The predicted octanol–water partition coefficient (Wildman–Crippen LogP) is 5.09. The summed E-state index contributed by atoms with van der Waals surface area (Å²) >= 11 is 3.10. The summed E-state index contributed by atoms with van der Waals surface area (Å²) in [5, 5.41) is 4.81. The second-order valence-electron chi connectivity index (χ2n) is 9.60. The van der Waals surface area contributed by atoms with Crippen molar-refractivity contribution in [2.75, 3.05) is 14.1 Å². The Labute approximate surface area is 242 Å². The number of nitrogens with zero attached hydrogens (tertiary/aromatic N) is 3. The Kier molecular flexibility index (Phi) is 9.52. The van der Waals surface area contributed by atoms with E-state index in [1.54, 1.807) is 54.6 Å². The Bertz CT molecular complexity index is 1540. The van der Waals surface area contributed by atoms with Crippen LogP contribution < -0.4 is 0 Å². The van der Waals surface area contributed by atoms with Crippen LogP contribution in [-0.4, -0.2) is 59.7 Å². The fourth-order valence-corrected chi connectivity index (χ4v) is 6.73. The molecule has 4 aromatic rings. The van der Waals surface area contributed by atoms with Crippen molar-refractivity contribution in [3.05, 3.63) is 99.9 Å². The summed E-state index contributed by atoms with van der Waals surface area (Å²) in [6.45, 7) is 1.45. The average molecular weight is 598 g/mol. The number of thiophene rings is 1. The van der Waals surface area contributed by atoms with Gasteiger partial charge in [0.2, 0.25) is 11.8 Å². The van der Waals surface area contributed by atoms with Crippen molar-refractivity contribution in [1.29, 1.82) is 0 Å². The first-order valence-electron chi connectivity index (χ1n) is 12.6. The minimum atomic E-state index is -4.14. The molecule has 40 heavy (non-hydrogen) atoms. The van der Waals surface area contributed by atoms with E-state index in [1.807, 2.05) is 53.2 Å². The number of rotatable bonds is 11. The maximum atomic E-state index is 14.1. The van der Waals surface area contributed by atoms with E-state index in [9.17, 15) is 22.6 Å². The van der Waals surface area contributed by atoms with Crippen LogP contribution in [0.2, 0.25) is 0 Å². The summed E-state index contributed by atoms with van der Waals surface area (Å²) < 4.78 is 31.8. The normalized spacial score (nSPS) is 13.0. The van der Waals surface area contributed by atoms with Crippen LogP contribution >= 0.6 is 22.7 Å². The van der Waals surface area contributed by atoms with Crippen molar-refractivity contribution >= 4 is 44.6 Å². The number of amides is 2. The molecule has 2 aromatic carbocycles. The van der Waals surface area contributed by atoms with Crippen molar-refractivity contribution in [1.82, 2.24) is 14.8 Å². The highest BCUT2D eigenvalue weighted by molar-refractivity contribution is 7.85. The smallest absolute Gasteiger partial charge is 0.269 e. The van der Waals surface area contributed by atoms with Crippen molar-refractivity contribution in [2.45, 2.75) is 37.6 Å². The molecule has 0 saturated heterocycles. The molecule has 0 fully saturated rings. The fraction of sp³-hybridized carbons (Fsp3) is 0.276. The van der Waals surface area contributed by atoms with Crippen LogP contribution in [0.4, 0.5) is 0 Å². The first-order chi connectivity index (χ1) is 19.0. The van der Waals surface area contributed by atoms with Gasteiger partial charge in [0.05, 0.1) is 16.6 Å². The van der Waals surface area contributed by atoms with E-state index < -0.39 is 28.0 Å². The van der Waals surface area contributed by atoms with Crippen molar-refractivity contribution in [2.24, 2.45) is 0 Å². The SMILES string of the molecule is CC(=O)N(C)[C@@H](Cc1ccccc1)C(=O)N(C)[C@@H](Cc1ccc(CS(=O)(=O)O)cc1)c1csc(-c2cccs2)n1. The van der Waals surface area contributed by atoms with Gasteiger partial charge in [0.1, 0.15) is 16.8 Å². The summed E-state index contributed by atoms with van der Waals surface area (Å²) in [6, 6.07) is 19.3. The van der Waals surface area contributed by atoms with Crippen molar-refractivity contribution in [3.63, 3.8) is 0 Å². The molecule has 2 heterocycles. The highest BCUT2D eigenvalue weighted by atomic mass is 32.2. The first-order valence-corrected chi connectivity index (χ1v) is 15.9. The van der Waals surface area contributed by atoms with Gasteiger partial charge >= 0.3 is 0 Å². The average Bonchev–Trinajstić information content (AvgIpc) is 3.62. The number of carbonyl (C=O) groups excluding carboxylic acids is 2. The van der Waals surface area contributed by atoms with Crippen LogP contribution in [0.25, 0.3) is 9.88 Å². The molecule has 0 unspecified atom stereocenters. The monoisotopic (exact) mass is 597 g/mol. The van der Waals surface area contributed by atoms with E-state index in [1.165, 1.54) is 23.2 Å². The van der Waals surface area contributed by atoms with E-state index in [2.05, 4.69) is 0 Å². The third kappa shape index (κ3) is 7.63. The molecule has 8 nitrogen and oxygen atoms in total. The largest absolute Gasteiger partial charge is 0.335 e. The number of aromatic nitrogens is 1. The molecular weight excluding hydrogens is 567 g/mol. The highest BCUT2D eigenvalue weighted by Gasteiger charge is 2.33. The van der Waals surface area contributed by atoms with Crippen LogP contribution in [0.1, 0.15) is 35.3 Å². The van der Waals surface area contributed by atoms with Gasteiger partial charge in [-0.3, -0.25) is 14.1 Å². The van der Waals surface area contributed by atoms with Gasteiger partial charge in [-0.2, -0.15) is 8.42 Å². The van der Waals surface area contributed by atoms with Crippen LogP contribution in [0.5, 0.6) is 0 Å². The summed E-state index contributed by atoms with van der Waals surface area (Å²) in [5.41, 5.74) is 3.01. The molecule has 4 rings (SSSR count). The standard InChI is InChI=1S/C29H31N3O5S3/c1-20(33)31(2)26(17-21-8-5-4-6-9-21)29(34)32(3)25(24-18-39-28(30-24)27-10-7-15-38-27)16-22-11-13-23(14-12-22)19-40(35,36)37/h4-15,18,25-26H,16-17,19H2,1-3H3,(H,35,36,37)/t25-,26-/m0/s1. The summed E-state index contributed by atoms with van der Waals surface area (Å²) in [7, 11) is -0.770. The second-order valence-corrected chi connectivity index (χ2v) is 12.9. The topological polar surface area (TPSA) is 108 Å². The Morgan fingerprint density at radius 1 is 0.875 bits per heavy atom. The maximum Gasteiger partial charge on any atom is 0.269 e. The van der Waals surface area contributed by atoms with Gasteiger partial charge in [-0.15, -0.1) is 22.7 Å². The van der Waals surface area contributed by atoms with E-state index >= 15 is 0 Å². The predicted molar refractivity (Wildman–Crippen MR) is 159 cm³/mol. The van der Waals surface area contributed by atoms with Crippen molar-refractivity contribution < 1.29 is 22.6 Å². The number of carbonyl (C=O) groups is 2. The molecular formula is C29H31N3O5S3. The van der Waals surface area contributed by atoms with Crippen LogP contribution in [0.15, 0.2) is 77.5 Å². The second kappa shape index (κ2) is 12.9. The minimum Gasteiger partial charge on any atom is -0.335 e. The molecule has 11 heteroatoms. The fourth-order valence-electron chi connectivity index (χ4n) is 4.43. The zero-order chi connectivity index (χ0) is 28.9. The molecule has 0 aliphatic carbocycles. The quantitative estimate of drug-likeness (QED) is 0.241. The molecule has 0 aliphatic rings. The number of benzene rings is 2. The van der Waals surface area contributed by atoms with Gasteiger partial charge in [-0.25, -0.2) is 4.98 Å². The van der Waals surface area contributed by atoms with Gasteiger partial charge in [0.25, 0.3) is 10.1 Å². The van der Waals surface area contributed by atoms with E-state index in [0.717, 1.165) is 26.7 Å². The molecule has 0 radical (unpaired) electrons. The van der Waals surface area contributed by atoms with Gasteiger partial charge in [0, 0.05) is 32.8 Å². The van der Waals surface area contributed by atoms with Gasteiger partial charge in [-0.1, -0.05) is 60.7 Å². The molecule has 2 aromatic heterocycles. The lowest BCUT2D eigenvalue weighted by atomic mass is 9.99. The third-order valence-corrected chi connectivity index (χ3v) is 9.33. The zero-order valence-corrected chi connectivity index (χ0v) is 24.9. The molecule has 0 spiro atoms. The maximum absolute atomic E-state index is 14.1. The van der Waals surface area contributed by atoms with Crippen LogP contribution in [0, 0.1) is 0 Å². The Morgan fingerprint density at radius 2 is 1.52 bits per heavy atom. The first kappa shape index (κ1) is 29.6. The minimum absolute atomic E-state index is 0.206. The van der Waals surface area contributed by atoms with E-state index in [-0.39, 0.29) is 11.8 Å².